The van der Waals surface area contributed by atoms with E-state index in [0.29, 0.717) is 33.4 Å². The van der Waals surface area contributed by atoms with Crippen LogP contribution >= 0.6 is 0 Å². The molecule has 0 aromatic heterocycles. The molecular formula is C27H26O6. The van der Waals surface area contributed by atoms with Crippen LogP contribution in [0.4, 0.5) is 0 Å². The van der Waals surface area contributed by atoms with E-state index in [4.69, 9.17) is 4.42 Å². The van der Waals surface area contributed by atoms with Crippen LogP contribution in [0.5, 0.6) is 5.75 Å². The summed E-state index contributed by atoms with van der Waals surface area (Å²) in [5, 5.41) is 20.3. The summed E-state index contributed by atoms with van der Waals surface area (Å²) >= 11 is 0. The molecule has 0 saturated carbocycles. The average molecular weight is 446 g/mol. The number of carbonyl (C=O) groups excluding carboxylic acids is 1. The van der Waals surface area contributed by atoms with Crippen LogP contribution < -0.4 is 5.43 Å². The predicted octanol–water partition coefficient (Wildman–Crippen LogP) is 5.44. The fourth-order valence-electron chi connectivity index (χ4n) is 3.39. The number of aromatic hydroxyl groups is 1. The minimum absolute atomic E-state index is 0.0182. The van der Waals surface area contributed by atoms with Crippen LogP contribution in [0, 0.1) is 11.3 Å². The van der Waals surface area contributed by atoms with Gasteiger partial charge < -0.3 is 19.4 Å². The first kappa shape index (κ1) is 23.7. The van der Waals surface area contributed by atoms with Gasteiger partial charge >= 0.3 is 5.97 Å². The Morgan fingerprint density at radius 2 is 1.73 bits per heavy atom. The minimum atomic E-state index is -1.05. The first-order valence-electron chi connectivity index (χ1n) is 10.5. The zero-order valence-electron chi connectivity index (χ0n) is 19.0. The number of carbonyl (C=O) groups is 2. The van der Waals surface area contributed by atoms with Crippen molar-refractivity contribution in [3.8, 4) is 17.1 Å². The van der Waals surface area contributed by atoms with Crippen LogP contribution in [-0.2, 0) is 9.59 Å². The van der Waals surface area contributed by atoms with Crippen molar-refractivity contribution in [1.82, 2.24) is 0 Å². The second-order valence-electron chi connectivity index (χ2n) is 8.82. The Morgan fingerprint density at radius 1 is 1.06 bits per heavy atom. The van der Waals surface area contributed by atoms with E-state index < -0.39 is 5.97 Å². The average Bonchev–Trinajstić information content (AvgIpc) is 2.90. The molecule has 3 aliphatic rings. The Labute approximate surface area is 191 Å². The highest BCUT2D eigenvalue weighted by Gasteiger charge is 2.24. The Bertz CT molecular complexity index is 1330. The van der Waals surface area contributed by atoms with E-state index in [1.807, 2.05) is 39.8 Å². The van der Waals surface area contributed by atoms with Gasteiger partial charge in [0.05, 0.1) is 5.57 Å². The number of fused-ring (bicyclic) bond motifs is 2. The summed E-state index contributed by atoms with van der Waals surface area (Å²) in [6, 6.07) is 9.10. The van der Waals surface area contributed by atoms with Crippen LogP contribution in [-0.4, -0.2) is 22.5 Å². The van der Waals surface area contributed by atoms with E-state index in [9.17, 15) is 24.6 Å². The van der Waals surface area contributed by atoms with Crippen molar-refractivity contribution in [3.63, 3.8) is 0 Å². The first-order valence-corrected chi connectivity index (χ1v) is 10.5. The van der Waals surface area contributed by atoms with E-state index in [1.165, 1.54) is 24.3 Å². The smallest absolute Gasteiger partial charge is 0.336 e. The molecule has 2 aliphatic carbocycles. The third kappa shape index (κ3) is 5.29. The predicted molar refractivity (Wildman–Crippen MR) is 128 cm³/mol. The molecule has 1 aromatic carbocycles. The fourth-order valence-corrected chi connectivity index (χ4v) is 3.39. The standard InChI is InChI=1S/C23H18O5.C4H8O/c1-23(2)9-7-15(16(8-10-23)22(26)27)21-17-5-3-13(24)11-19(17)28-20-12-14(25)4-6-18(20)21;1-4(2)3-5/h3-12,24H,1-2H3,(H,26,27);3-4H,1-2H3. The summed E-state index contributed by atoms with van der Waals surface area (Å²) in [4.78, 5) is 33.4. The lowest BCUT2D eigenvalue weighted by atomic mass is 9.90. The molecule has 0 fully saturated rings. The van der Waals surface area contributed by atoms with Gasteiger partial charge in [-0.25, -0.2) is 4.79 Å². The number of benzene rings is 2. The molecule has 6 nitrogen and oxygen atoms in total. The SMILES string of the molecule is CC(C)C=O.CC1(C)C=CC(C(=O)O)=C(c2c3ccc(=O)cc-3oc3cc(O)ccc23)C=C1. The monoisotopic (exact) mass is 446 g/mol. The number of phenolic OH excluding ortho intramolecular Hbond substituents is 1. The molecule has 6 heteroatoms. The number of aliphatic carboxylic acids is 1. The van der Waals surface area contributed by atoms with Crippen molar-refractivity contribution in [2.24, 2.45) is 11.3 Å². The normalized spacial score (nSPS) is 14.8. The van der Waals surface area contributed by atoms with E-state index in [0.717, 1.165) is 6.29 Å². The van der Waals surface area contributed by atoms with E-state index in [1.54, 1.807) is 24.3 Å². The minimum Gasteiger partial charge on any atom is -0.508 e. The zero-order valence-corrected chi connectivity index (χ0v) is 19.0. The van der Waals surface area contributed by atoms with Crippen LogP contribution in [0.15, 0.2) is 75.5 Å². The molecule has 0 radical (unpaired) electrons. The highest BCUT2D eigenvalue weighted by atomic mass is 16.4. The Morgan fingerprint density at radius 3 is 2.36 bits per heavy atom. The number of hydrogen-bond acceptors (Lipinski definition) is 5. The number of aldehydes is 1. The molecule has 170 valence electrons. The van der Waals surface area contributed by atoms with Crippen LogP contribution in [0.3, 0.4) is 0 Å². The van der Waals surface area contributed by atoms with E-state index >= 15 is 0 Å². The number of carboxylic acid groups (broad SMARTS) is 1. The topological polar surface area (TPSA) is 105 Å². The number of phenols is 1. The highest BCUT2D eigenvalue weighted by molar-refractivity contribution is 6.09. The molecule has 0 unspecified atom stereocenters. The molecule has 4 rings (SSSR count). The second-order valence-corrected chi connectivity index (χ2v) is 8.82. The molecule has 0 saturated heterocycles. The number of allylic oxidation sites excluding steroid dienone is 4. The maximum absolute atomic E-state index is 12.0. The van der Waals surface area contributed by atoms with Gasteiger partial charge in [0.15, 0.2) is 5.43 Å². The van der Waals surface area contributed by atoms with Crippen molar-refractivity contribution >= 4 is 28.8 Å². The van der Waals surface area contributed by atoms with E-state index in [-0.39, 0.29) is 28.1 Å². The van der Waals surface area contributed by atoms with Gasteiger partial charge in [-0.3, -0.25) is 4.79 Å². The van der Waals surface area contributed by atoms with Gasteiger partial charge in [0.1, 0.15) is 23.4 Å². The first-order chi connectivity index (χ1) is 15.5. The number of carboxylic acids is 1. The lowest BCUT2D eigenvalue weighted by molar-refractivity contribution is -0.132. The summed E-state index contributed by atoms with van der Waals surface area (Å²) in [5.74, 6) is -0.492. The molecule has 1 aliphatic heterocycles. The van der Waals surface area contributed by atoms with Gasteiger partial charge in [-0.2, -0.15) is 0 Å². The summed E-state index contributed by atoms with van der Waals surface area (Å²) in [6.45, 7) is 7.68. The zero-order chi connectivity index (χ0) is 24.3. The number of rotatable bonds is 3. The van der Waals surface area contributed by atoms with Gasteiger partial charge in [-0.1, -0.05) is 52.0 Å². The van der Waals surface area contributed by atoms with Crippen LogP contribution in [0.2, 0.25) is 0 Å². The van der Waals surface area contributed by atoms with Gasteiger partial charge in [0.25, 0.3) is 0 Å². The molecular weight excluding hydrogens is 420 g/mol. The van der Waals surface area contributed by atoms with Gasteiger partial charge in [0, 0.05) is 40.0 Å². The molecule has 2 N–H and O–H groups in total. The molecule has 0 amide bonds. The third-order valence-electron chi connectivity index (χ3n) is 5.10. The summed E-state index contributed by atoms with van der Waals surface area (Å²) in [6.07, 6.45) is 8.12. The van der Waals surface area contributed by atoms with Gasteiger partial charge in [-0.15, -0.1) is 0 Å². The maximum atomic E-state index is 12.0. The Kier molecular flexibility index (Phi) is 6.68. The quantitative estimate of drug-likeness (QED) is 0.410. The molecule has 1 heterocycles. The molecule has 1 aromatic rings. The fraction of sp³-hybridized carbons (Fsp3) is 0.222. The molecule has 0 bridgehead atoms. The Balaban J connectivity index is 0.000000555. The lowest BCUT2D eigenvalue weighted by Crippen LogP contribution is -2.05. The van der Waals surface area contributed by atoms with Gasteiger partial charge in [-0.05, 0) is 29.8 Å². The largest absolute Gasteiger partial charge is 0.508 e. The van der Waals surface area contributed by atoms with Crippen molar-refractivity contribution < 1.29 is 24.2 Å². The van der Waals surface area contributed by atoms with Crippen LogP contribution in [0.1, 0.15) is 33.3 Å². The summed E-state index contributed by atoms with van der Waals surface area (Å²) in [5.41, 5.74) is 1.78. The highest BCUT2D eigenvalue weighted by Crippen LogP contribution is 2.41. The van der Waals surface area contributed by atoms with Crippen molar-refractivity contribution in [2.75, 3.05) is 0 Å². The number of hydrogen-bond donors (Lipinski definition) is 2. The third-order valence-corrected chi connectivity index (χ3v) is 5.10. The van der Waals surface area contributed by atoms with Crippen LogP contribution in [0.25, 0.3) is 27.9 Å². The van der Waals surface area contributed by atoms with Gasteiger partial charge in [0.2, 0.25) is 0 Å². The maximum Gasteiger partial charge on any atom is 0.336 e. The van der Waals surface area contributed by atoms with Crippen molar-refractivity contribution in [1.29, 1.82) is 0 Å². The molecule has 0 atom stereocenters. The second kappa shape index (κ2) is 9.28. The lowest BCUT2D eigenvalue weighted by Gasteiger charge is -2.17. The van der Waals surface area contributed by atoms with Crippen molar-refractivity contribution in [2.45, 2.75) is 27.7 Å². The molecule has 0 spiro atoms. The summed E-state index contributed by atoms with van der Waals surface area (Å²) < 4.78 is 5.84. The summed E-state index contributed by atoms with van der Waals surface area (Å²) in [7, 11) is 0. The van der Waals surface area contributed by atoms with E-state index in [2.05, 4.69) is 0 Å². The Hall–Kier alpha value is -3.93. The van der Waals surface area contributed by atoms with Crippen molar-refractivity contribution in [3.05, 3.63) is 82.1 Å². The molecule has 33 heavy (non-hydrogen) atoms.